The summed E-state index contributed by atoms with van der Waals surface area (Å²) in [5.74, 6) is 0. The van der Waals surface area contributed by atoms with E-state index in [1.807, 2.05) is 6.92 Å². The van der Waals surface area contributed by atoms with Crippen LogP contribution in [0.15, 0.2) is 0 Å². The molecule has 0 spiro atoms. The molecule has 4 unspecified atom stereocenters. The summed E-state index contributed by atoms with van der Waals surface area (Å²) in [6, 6.07) is 1.18. The van der Waals surface area contributed by atoms with Gasteiger partial charge in [-0.2, -0.15) is 0 Å². The number of hydrogen-bond donors (Lipinski definition) is 1. The summed E-state index contributed by atoms with van der Waals surface area (Å²) >= 11 is 0. The molecule has 2 aliphatic carbocycles. The third-order valence-corrected chi connectivity index (χ3v) is 3.83. The molecule has 2 fully saturated rings. The summed E-state index contributed by atoms with van der Waals surface area (Å²) in [7, 11) is 1.78. The van der Waals surface area contributed by atoms with E-state index in [4.69, 9.17) is 9.47 Å². The summed E-state index contributed by atoms with van der Waals surface area (Å²) in [5, 5.41) is 3.66. The highest BCUT2D eigenvalue weighted by Crippen LogP contribution is 2.46. The van der Waals surface area contributed by atoms with Crippen LogP contribution in [0.4, 0.5) is 0 Å². The van der Waals surface area contributed by atoms with E-state index in [2.05, 4.69) is 19.2 Å². The zero-order chi connectivity index (χ0) is 11.1. The summed E-state index contributed by atoms with van der Waals surface area (Å²) in [6.45, 7) is 7.44. The number of ether oxygens (including phenoxy) is 2. The number of methoxy groups -OCH3 is 1. The highest BCUT2D eigenvalue weighted by molar-refractivity contribution is 5.07. The second-order valence-electron chi connectivity index (χ2n) is 5.45. The quantitative estimate of drug-likeness (QED) is 0.752. The van der Waals surface area contributed by atoms with E-state index in [-0.39, 0.29) is 6.10 Å². The lowest BCUT2D eigenvalue weighted by molar-refractivity contribution is -0.132. The van der Waals surface area contributed by atoms with E-state index in [0.717, 1.165) is 13.0 Å². The van der Waals surface area contributed by atoms with Gasteiger partial charge in [0.1, 0.15) is 0 Å². The predicted molar refractivity (Wildman–Crippen MR) is 59.9 cm³/mol. The predicted octanol–water partition coefficient (Wildman–Crippen LogP) is 1.57. The molecule has 0 aromatic carbocycles. The summed E-state index contributed by atoms with van der Waals surface area (Å²) in [5.41, 5.74) is 0.495. The lowest BCUT2D eigenvalue weighted by Crippen LogP contribution is -2.60. The van der Waals surface area contributed by atoms with Gasteiger partial charge in [0.25, 0.3) is 0 Å². The van der Waals surface area contributed by atoms with Crippen LogP contribution in [0.2, 0.25) is 0 Å². The molecule has 1 N–H and O–H groups in total. The highest BCUT2D eigenvalue weighted by atomic mass is 16.5. The van der Waals surface area contributed by atoms with Crippen molar-refractivity contribution in [2.45, 2.75) is 57.9 Å². The molecule has 3 heteroatoms. The fraction of sp³-hybridized carbons (Fsp3) is 1.00. The molecular formula is C12H23NO2. The second kappa shape index (κ2) is 4.04. The maximum absolute atomic E-state index is 5.60. The molecule has 0 bridgehead atoms. The van der Waals surface area contributed by atoms with Gasteiger partial charge in [-0.05, 0) is 25.2 Å². The molecule has 0 amide bonds. The van der Waals surface area contributed by atoms with Gasteiger partial charge >= 0.3 is 0 Å². The Morgan fingerprint density at radius 1 is 1.40 bits per heavy atom. The Labute approximate surface area is 92.5 Å². The van der Waals surface area contributed by atoms with E-state index < -0.39 is 0 Å². The standard InChI is InChI=1S/C12H23NO2/c1-5-15-9-6-8(11(9)14-4)13-10-7-12(10,2)3/h8-11,13H,5-7H2,1-4H3. The lowest BCUT2D eigenvalue weighted by atomic mass is 9.85. The molecule has 2 rings (SSSR count). The van der Waals surface area contributed by atoms with E-state index >= 15 is 0 Å². The molecule has 0 aliphatic heterocycles. The van der Waals surface area contributed by atoms with Gasteiger partial charge in [-0.3, -0.25) is 0 Å². The van der Waals surface area contributed by atoms with E-state index in [1.165, 1.54) is 6.42 Å². The van der Waals surface area contributed by atoms with Crippen molar-refractivity contribution < 1.29 is 9.47 Å². The van der Waals surface area contributed by atoms with Crippen molar-refractivity contribution in [3.63, 3.8) is 0 Å². The van der Waals surface area contributed by atoms with E-state index in [1.54, 1.807) is 7.11 Å². The van der Waals surface area contributed by atoms with Crippen LogP contribution in [0, 0.1) is 5.41 Å². The maximum atomic E-state index is 5.60. The first kappa shape index (κ1) is 11.4. The minimum Gasteiger partial charge on any atom is -0.377 e. The first-order chi connectivity index (χ1) is 7.08. The normalized spacial score (nSPS) is 42.4. The van der Waals surface area contributed by atoms with Crippen LogP contribution in [0.25, 0.3) is 0 Å². The molecule has 3 nitrogen and oxygen atoms in total. The Morgan fingerprint density at radius 2 is 2.07 bits per heavy atom. The Kier molecular flexibility index (Phi) is 3.06. The zero-order valence-corrected chi connectivity index (χ0v) is 10.2. The van der Waals surface area contributed by atoms with Crippen molar-refractivity contribution in [3.8, 4) is 0 Å². The lowest BCUT2D eigenvalue weighted by Gasteiger charge is -2.43. The first-order valence-corrected chi connectivity index (χ1v) is 5.99. The SMILES string of the molecule is CCOC1CC(NC2CC2(C)C)C1OC. The van der Waals surface area contributed by atoms with Crippen LogP contribution in [0.1, 0.15) is 33.6 Å². The van der Waals surface area contributed by atoms with Crippen LogP contribution in [-0.4, -0.2) is 38.0 Å². The molecule has 2 saturated carbocycles. The van der Waals surface area contributed by atoms with Gasteiger partial charge in [-0.1, -0.05) is 13.8 Å². The monoisotopic (exact) mass is 213 g/mol. The summed E-state index contributed by atoms with van der Waals surface area (Å²) in [6.07, 6.45) is 2.94. The fourth-order valence-corrected chi connectivity index (χ4v) is 2.45. The largest absolute Gasteiger partial charge is 0.377 e. The van der Waals surface area contributed by atoms with E-state index in [9.17, 15) is 0 Å². The van der Waals surface area contributed by atoms with Crippen LogP contribution in [0.3, 0.4) is 0 Å². The van der Waals surface area contributed by atoms with Crippen LogP contribution in [-0.2, 0) is 9.47 Å². The number of hydrogen-bond acceptors (Lipinski definition) is 3. The third kappa shape index (κ3) is 2.19. The molecule has 88 valence electrons. The van der Waals surface area contributed by atoms with Gasteiger partial charge in [0.05, 0.1) is 12.2 Å². The van der Waals surface area contributed by atoms with Gasteiger partial charge < -0.3 is 14.8 Å². The Hall–Kier alpha value is -0.120. The zero-order valence-electron chi connectivity index (χ0n) is 10.2. The maximum Gasteiger partial charge on any atom is 0.0986 e. The first-order valence-electron chi connectivity index (χ1n) is 5.99. The Balaban J connectivity index is 1.76. The van der Waals surface area contributed by atoms with Crippen LogP contribution >= 0.6 is 0 Å². The molecule has 0 heterocycles. The van der Waals surface area contributed by atoms with Gasteiger partial charge in [0.2, 0.25) is 0 Å². The highest BCUT2D eigenvalue weighted by Gasteiger charge is 2.51. The van der Waals surface area contributed by atoms with Crippen molar-refractivity contribution in [1.82, 2.24) is 5.32 Å². The van der Waals surface area contributed by atoms with Gasteiger partial charge in [-0.15, -0.1) is 0 Å². The van der Waals surface area contributed by atoms with Crippen molar-refractivity contribution in [3.05, 3.63) is 0 Å². The minimum absolute atomic E-state index is 0.251. The van der Waals surface area contributed by atoms with Crippen molar-refractivity contribution >= 4 is 0 Å². The average molecular weight is 213 g/mol. The molecule has 0 aromatic rings. The van der Waals surface area contributed by atoms with Crippen molar-refractivity contribution in [1.29, 1.82) is 0 Å². The van der Waals surface area contributed by atoms with Gasteiger partial charge in [0.15, 0.2) is 0 Å². The van der Waals surface area contributed by atoms with Gasteiger partial charge in [-0.25, -0.2) is 0 Å². The number of nitrogens with one attached hydrogen (secondary N) is 1. The molecule has 0 saturated heterocycles. The smallest absolute Gasteiger partial charge is 0.0986 e. The Morgan fingerprint density at radius 3 is 2.53 bits per heavy atom. The van der Waals surface area contributed by atoms with Crippen molar-refractivity contribution in [2.75, 3.05) is 13.7 Å². The molecule has 15 heavy (non-hydrogen) atoms. The second-order valence-corrected chi connectivity index (χ2v) is 5.45. The van der Waals surface area contributed by atoms with Crippen molar-refractivity contribution in [2.24, 2.45) is 5.41 Å². The Bertz CT molecular complexity index is 230. The van der Waals surface area contributed by atoms with Crippen LogP contribution in [0.5, 0.6) is 0 Å². The van der Waals surface area contributed by atoms with Crippen LogP contribution < -0.4 is 5.32 Å². The summed E-state index contributed by atoms with van der Waals surface area (Å²) in [4.78, 5) is 0. The molecule has 0 radical (unpaired) electrons. The number of rotatable bonds is 5. The average Bonchev–Trinajstić information content (AvgIpc) is 2.72. The molecule has 0 aromatic heterocycles. The topological polar surface area (TPSA) is 30.5 Å². The minimum atomic E-state index is 0.251. The molecular weight excluding hydrogens is 190 g/mol. The summed E-state index contributed by atoms with van der Waals surface area (Å²) < 4.78 is 11.1. The fourth-order valence-electron chi connectivity index (χ4n) is 2.45. The van der Waals surface area contributed by atoms with Gasteiger partial charge in [0, 0.05) is 25.8 Å². The molecule has 4 atom stereocenters. The third-order valence-electron chi connectivity index (χ3n) is 3.83. The molecule has 2 aliphatic rings. The van der Waals surface area contributed by atoms with E-state index in [0.29, 0.717) is 23.6 Å².